The summed E-state index contributed by atoms with van der Waals surface area (Å²) in [6.07, 6.45) is 3.40. The topological polar surface area (TPSA) is 35.2 Å². The van der Waals surface area contributed by atoms with E-state index in [0.29, 0.717) is 5.92 Å². The molecule has 0 spiro atoms. The number of benzene rings is 1. The van der Waals surface area contributed by atoms with Gasteiger partial charge in [-0.25, -0.2) is 0 Å². The molecule has 2 heteroatoms. The third-order valence-corrected chi connectivity index (χ3v) is 3.51. The van der Waals surface area contributed by atoms with E-state index in [1.54, 1.807) is 0 Å². The minimum Gasteiger partial charge on any atom is -0.380 e. The van der Waals surface area contributed by atoms with Crippen molar-refractivity contribution in [3.05, 3.63) is 35.4 Å². The molecule has 0 atom stereocenters. The average molecular weight is 203 g/mol. The van der Waals surface area contributed by atoms with Crippen LogP contribution >= 0.6 is 0 Å². The Hall–Kier alpha value is -0.860. The summed E-state index contributed by atoms with van der Waals surface area (Å²) >= 11 is 0. The molecule has 0 radical (unpaired) electrons. The van der Waals surface area contributed by atoms with E-state index in [1.165, 1.54) is 24.0 Å². The molecule has 2 N–H and O–H groups in total. The first-order valence-electron chi connectivity index (χ1n) is 5.71. The molecule has 1 heterocycles. The maximum absolute atomic E-state index is 6.13. The largest absolute Gasteiger partial charge is 0.380 e. The SMILES string of the molecule is NC1(Cc2cccc(C3COC3)c2)CC1. The Balaban J connectivity index is 1.76. The maximum atomic E-state index is 6.13. The van der Waals surface area contributed by atoms with Crippen LogP contribution in [0.5, 0.6) is 0 Å². The van der Waals surface area contributed by atoms with Crippen LogP contribution in [0.1, 0.15) is 29.9 Å². The molecule has 3 rings (SSSR count). The van der Waals surface area contributed by atoms with Crippen molar-refractivity contribution in [2.45, 2.75) is 30.7 Å². The van der Waals surface area contributed by atoms with Crippen molar-refractivity contribution in [1.82, 2.24) is 0 Å². The molecule has 1 saturated carbocycles. The first-order valence-corrected chi connectivity index (χ1v) is 5.71. The Bertz CT molecular complexity index is 367. The summed E-state index contributed by atoms with van der Waals surface area (Å²) in [5.41, 5.74) is 9.05. The molecule has 1 aromatic carbocycles. The second kappa shape index (κ2) is 3.32. The summed E-state index contributed by atoms with van der Waals surface area (Å²) in [5.74, 6) is 0.623. The van der Waals surface area contributed by atoms with Gasteiger partial charge in [0.2, 0.25) is 0 Å². The highest BCUT2D eigenvalue weighted by Gasteiger charge is 2.38. The molecule has 1 aliphatic heterocycles. The Kier molecular flexibility index (Phi) is 2.08. The van der Waals surface area contributed by atoms with Crippen LogP contribution in [0.2, 0.25) is 0 Å². The van der Waals surface area contributed by atoms with Gasteiger partial charge >= 0.3 is 0 Å². The van der Waals surface area contributed by atoms with E-state index in [-0.39, 0.29) is 5.54 Å². The zero-order chi connectivity index (χ0) is 10.3. The number of ether oxygens (including phenoxy) is 1. The van der Waals surface area contributed by atoms with E-state index >= 15 is 0 Å². The molecule has 1 aliphatic carbocycles. The van der Waals surface area contributed by atoms with Crippen LogP contribution in [-0.2, 0) is 11.2 Å². The van der Waals surface area contributed by atoms with Gasteiger partial charge in [0.05, 0.1) is 13.2 Å². The van der Waals surface area contributed by atoms with Crippen molar-refractivity contribution in [1.29, 1.82) is 0 Å². The molecule has 0 bridgehead atoms. The highest BCUT2D eigenvalue weighted by atomic mass is 16.5. The van der Waals surface area contributed by atoms with Gasteiger partial charge in [-0.1, -0.05) is 24.3 Å². The lowest BCUT2D eigenvalue weighted by atomic mass is 9.94. The van der Waals surface area contributed by atoms with E-state index in [4.69, 9.17) is 10.5 Å². The van der Waals surface area contributed by atoms with Crippen LogP contribution in [0.25, 0.3) is 0 Å². The van der Waals surface area contributed by atoms with Crippen molar-refractivity contribution in [2.75, 3.05) is 13.2 Å². The summed E-state index contributed by atoms with van der Waals surface area (Å²) < 4.78 is 5.22. The van der Waals surface area contributed by atoms with Gasteiger partial charge in [-0.2, -0.15) is 0 Å². The standard InChI is InChI=1S/C13H17NO/c14-13(4-5-13)7-10-2-1-3-11(6-10)12-8-15-9-12/h1-3,6,12H,4-5,7-9,14H2. The zero-order valence-electron chi connectivity index (χ0n) is 8.91. The van der Waals surface area contributed by atoms with Crippen molar-refractivity contribution in [2.24, 2.45) is 5.73 Å². The summed E-state index contributed by atoms with van der Waals surface area (Å²) in [6.45, 7) is 1.77. The van der Waals surface area contributed by atoms with E-state index in [9.17, 15) is 0 Å². The molecule has 2 aliphatic rings. The average Bonchev–Trinajstić information content (AvgIpc) is 2.80. The monoisotopic (exact) mass is 203 g/mol. The Labute approximate surface area is 90.4 Å². The highest BCUT2D eigenvalue weighted by Crippen LogP contribution is 2.36. The van der Waals surface area contributed by atoms with Gasteiger partial charge < -0.3 is 10.5 Å². The Morgan fingerprint density at radius 2 is 2.13 bits per heavy atom. The molecule has 0 unspecified atom stereocenters. The van der Waals surface area contributed by atoms with Gasteiger partial charge in [-0.15, -0.1) is 0 Å². The molecule has 2 fully saturated rings. The predicted octanol–water partition coefficient (Wildman–Crippen LogP) is 1.83. The summed E-state index contributed by atoms with van der Waals surface area (Å²) in [7, 11) is 0. The predicted molar refractivity (Wildman–Crippen MR) is 59.9 cm³/mol. The van der Waals surface area contributed by atoms with Crippen molar-refractivity contribution >= 4 is 0 Å². The van der Waals surface area contributed by atoms with Gasteiger partial charge in [-0.05, 0) is 30.4 Å². The smallest absolute Gasteiger partial charge is 0.0557 e. The van der Waals surface area contributed by atoms with E-state index in [1.807, 2.05) is 0 Å². The van der Waals surface area contributed by atoms with Gasteiger partial charge in [-0.3, -0.25) is 0 Å². The van der Waals surface area contributed by atoms with Gasteiger partial charge in [0, 0.05) is 11.5 Å². The Morgan fingerprint density at radius 1 is 1.33 bits per heavy atom. The lowest BCUT2D eigenvalue weighted by Crippen LogP contribution is -2.26. The fourth-order valence-electron chi connectivity index (χ4n) is 2.13. The van der Waals surface area contributed by atoms with Gasteiger partial charge in [0.25, 0.3) is 0 Å². The minimum atomic E-state index is 0.120. The molecular formula is C13H17NO. The Morgan fingerprint density at radius 3 is 2.73 bits per heavy atom. The molecule has 0 aromatic heterocycles. The molecule has 1 aromatic rings. The van der Waals surface area contributed by atoms with Crippen LogP contribution < -0.4 is 5.73 Å². The molecule has 0 amide bonds. The van der Waals surface area contributed by atoms with Gasteiger partial charge in [0.15, 0.2) is 0 Å². The number of rotatable bonds is 3. The normalized spacial score (nSPS) is 23.5. The van der Waals surface area contributed by atoms with E-state index < -0.39 is 0 Å². The third-order valence-electron chi connectivity index (χ3n) is 3.51. The quantitative estimate of drug-likeness (QED) is 0.813. The van der Waals surface area contributed by atoms with Crippen molar-refractivity contribution in [3.63, 3.8) is 0 Å². The molecule has 80 valence electrons. The van der Waals surface area contributed by atoms with Crippen LogP contribution in [0, 0.1) is 0 Å². The highest BCUT2D eigenvalue weighted by molar-refractivity contribution is 5.29. The minimum absolute atomic E-state index is 0.120. The molecule has 2 nitrogen and oxygen atoms in total. The molecule has 15 heavy (non-hydrogen) atoms. The van der Waals surface area contributed by atoms with Gasteiger partial charge in [0.1, 0.15) is 0 Å². The summed E-state index contributed by atoms with van der Waals surface area (Å²) in [6, 6.07) is 8.84. The number of hydrogen-bond donors (Lipinski definition) is 1. The summed E-state index contributed by atoms with van der Waals surface area (Å²) in [4.78, 5) is 0. The van der Waals surface area contributed by atoms with E-state index in [2.05, 4.69) is 24.3 Å². The lowest BCUT2D eigenvalue weighted by molar-refractivity contribution is 0.00840. The fraction of sp³-hybridized carbons (Fsp3) is 0.538. The van der Waals surface area contributed by atoms with E-state index in [0.717, 1.165) is 19.6 Å². The van der Waals surface area contributed by atoms with Crippen LogP contribution in [0.15, 0.2) is 24.3 Å². The second-order valence-electron chi connectivity index (χ2n) is 5.02. The molecule has 1 saturated heterocycles. The fourth-order valence-corrected chi connectivity index (χ4v) is 2.13. The third kappa shape index (κ3) is 1.92. The summed E-state index contributed by atoms with van der Waals surface area (Å²) in [5, 5.41) is 0. The van der Waals surface area contributed by atoms with Crippen LogP contribution in [0.4, 0.5) is 0 Å². The maximum Gasteiger partial charge on any atom is 0.0557 e. The van der Waals surface area contributed by atoms with Crippen LogP contribution in [-0.4, -0.2) is 18.8 Å². The first-order chi connectivity index (χ1) is 7.25. The van der Waals surface area contributed by atoms with Crippen LogP contribution in [0.3, 0.4) is 0 Å². The zero-order valence-corrected chi connectivity index (χ0v) is 8.91. The molecular weight excluding hydrogens is 186 g/mol. The van der Waals surface area contributed by atoms with Crippen molar-refractivity contribution < 1.29 is 4.74 Å². The second-order valence-corrected chi connectivity index (χ2v) is 5.02. The number of hydrogen-bond acceptors (Lipinski definition) is 2. The first kappa shape index (κ1) is 9.37. The lowest BCUT2D eigenvalue weighted by Gasteiger charge is -2.26. The van der Waals surface area contributed by atoms with Crippen molar-refractivity contribution in [3.8, 4) is 0 Å². The number of nitrogens with two attached hydrogens (primary N) is 1.